The fourth-order valence-electron chi connectivity index (χ4n) is 1.72. The van der Waals surface area contributed by atoms with Gasteiger partial charge in [-0.05, 0) is 26.3 Å². The standard InChI is InChI=1S/C16H27NO3/c1-5-16(3,18)12-20-15-7-6-13(2)10-14(15)11-17-8-9-19-4/h6-7,10,17-18H,5,8-9,11-12H2,1-4H3. The summed E-state index contributed by atoms with van der Waals surface area (Å²) >= 11 is 0. The van der Waals surface area contributed by atoms with Gasteiger partial charge < -0.3 is 19.9 Å². The summed E-state index contributed by atoms with van der Waals surface area (Å²) in [5.74, 6) is 0.828. The zero-order chi connectivity index (χ0) is 15.0. The van der Waals surface area contributed by atoms with Crippen LogP contribution in [0.3, 0.4) is 0 Å². The average Bonchev–Trinajstić information content (AvgIpc) is 2.43. The van der Waals surface area contributed by atoms with Gasteiger partial charge in [0.2, 0.25) is 0 Å². The van der Waals surface area contributed by atoms with Gasteiger partial charge in [0.1, 0.15) is 12.4 Å². The molecule has 20 heavy (non-hydrogen) atoms. The molecule has 0 aliphatic carbocycles. The van der Waals surface area contributed by atoms with Crippen molar-refractivity contribution in [2.75, 3.05) is 26.9 Å². The predicted octanol–water partition coefficient (Wildman–Crippen LogP) is 2.27. The molecule has 0 aliphatic rings. The molecule has 1 rings (SSSR count). The van der Waals surface area contributed by atoms with E-state index in [1.807, 2.05) is 19.1 Å². The maximum absolute atomic E-state index is 10.0. The fourth-order valence-corrected chi connectivity index (χ4v) is 1.72. The summed E-state index contributed by atoms with van der Waals surface area (Å²) in [6, 6.07) is 6.10. The Morgan fingerprint density at radius 1 is 1.35 bits per heavy atom. The van der Waals surface area contributed by atoms with Crippen molar-refractivity contribution in [3.8, 4) is 5.75 Å². The molecule has 0 spiro atoms. The monoisotopic (exact) mass is 281 g/mol. The molecule has 0 heterocycles. The molecule has 0 saturated heterocycles. The van der Waals surface area contributed by atoms with Crippen molar-refractivity contribution in [1.82, 2.24) is 5.32 Å². The van der Waals surface area contributed by atoms with Crippen LogP contribution in [0.15, 0.2) is 18.2 Å². The minimum absolute atomic E-state index is 0.303. The van der Waals surface area contributed by atoms with Crippen LogP contribution in [0, 0.1) is 6.92 Å². The molecule has 0 aromatic heterocycles. The van der Waals surface area contributed by atoms with E-state index in [-0.39, 0.29) is 0 Å². The van der Waals surface area contributed by atoms with E-state index in [2.05, 4.69) is 18.3 Å². The molecule has 0 saturated carbocycles. The molecule has 0 bridgehead atoms. The van der Waals surface area contributed by atoms with Gasteiger partial charge in [0.15, 0.2) is 0 Å². The predicted molar refractivity (Wildman–Crippen MR) is 81.2 cm³/mol. The zero-order valence-electron chi connectivity index (χ0n) is 13.0. The lowest BCUT2D eigenvalue weighted by molar-refractivity contribution is 0.00815. The van der Waals surface area contributed by atoms with Crippen molar-refractivity contribution >= 4 is 0 Å². The number of methoxy groups -OCH3 is 1. The second-order valence-electron chi connectivity index (χ2n) is 5.42. The van der Waals surface area contributed by atoms with Crippen LogP contribution in [0.2, 0.25) is 0 Å². The van der Waals surface area contributed by atoms with E-state index < -0.39 is 5.60 Å². The highest BCUT2D eigenvalue weighted by Crippen LogP contribution is 2.22. The largest absolute Gasteiger partial charge is 0.490 e. The van der Waals surface area contributed by atoms with Crippen LogP contribution in [0.25, 0.3) is 0 Å². The van der Waals surface area contributed by atoms with E-state index in [0.717, 1.165) is 24.4 Å². The van der Waals surface area contributed by atoms with Crippen LogP contribution in [0.5, 0.6) is 5.75 Å². The van der Waals surface area contributed by atoms with Crippen molar-refractivity contribution in [2.24, 2.45) is 0 Å². The van der Waals surface area contributed by atoms with Crippen LogP contribution in [0.1, 0.15) is 31.4 Å². The molecule has 1 unspecified atom stereocenters. The minimum atomic E-state index is -0.786. The van der Waals surface area contributed by atoms with Gasteiger partial charge in [-0.25, -0.2) is 0 Å². The third kappa shape index (κ3) is 5.90. The minimum Gasteiger partial charge on any atom is -0.490 e. The highest BCUT2D eigenvalue weighted by molar-refractivity contribution is 5.36. The van der Waals surface area contributed by atoms with Gasteiger partial charge in [-0.15, -0.1) is 0 Å². The smallest absolute Gasteiger partial charge is 0.123 e. The van der Waals surface area contributed by atoms with E-state index in [9.17, 15) is 5.11 Å². The molecular formula is C16H27NO3. The van der Waals surface area contributed by atoms with E-state index in [0.29, 0.717) is 19.6 Å². The molecule has 0 aliphatic heterocycles. The maximum atomic E-state index is 10.0. The number of aryl methyl sites for hydroxylation is 1. The van der Waals surface area contributed by atoms with Crippen LogP contribution in [-0.4, -0.2) is 37.6 Å². The Hall–Kier alpha value is -1.10. The van der Waals surface area contributed by atoms with Gasteiger partial charge in [-0.2, -0.15) is 0 Å². The third-order valence-corrected chi connectivity index (χ3v) is 3.31. The fraction of sp³-hybridized carbons (Fsp3) is 0.625. The molecule has 114 valence electrons. The summed E-state index contributed by atoms with van der Waals surface area (Å²) < 4.78 is 10.8. The zero-order valence-corrected chi connectivity index (χ0v) is 13.0. The van der Waals surface area contributed by atoms with Gasteiger partial charge in [0.05, 0.1) is 12.2 Å². The Bertz CT molecular complexity index is 405. The van der Waals surface area contributed by atoms with E-state index in [4.69, 9.17) is 9.47 Å². The van der Waals surface area contributed by atoms with Crippen molar-refractivity contribution in [3.63, 3.8) is 0 Å². The summed E-state index contributed by atoms with van der Waals surface area (Å²) in [5.41, 5.74) is 1.52. The lowest BCUT2D eigenvalue weighted by Crippen LogP contribution is -2.31. The van der Waals surface area contributed by atoms with E-state index in [1.165, 1.54) is 5.56 Å². The summed E-state index contributed by atoms with van der Waals surface area (Å²) in [6.07, 6.45) is 0.667. The quantitative estimate of drug-likeness (QED) is 0.682. The molecule has 1 aromatic rings. The molecule has 4 heteroatoms. The molecule has 4 nitrogen and oxygen atoms in total. The van der Waals surface area contributed by atoms with Crippen LogP contribution >= 0.6 is 0 Å². The number of benzene rings is 1. The van der Waals surface area contributed by atoms with Crippen molar-refractivity contribution in [2.45, 2.75) is 39.3 Å². The van der Waals surface area contributed by atoms with Gasteiger partial charge in [-0.3, -0.25) is 0 Å². The van der Waals surface area contributed by atoms with Crippen molar-refractivity contribution in [3.05, 3.63) is 29.3 Å². The first kappa shape index (κ1) is 17.0. The van der Waals surface area contributed by atoms with Crippen LogP contribution in [0.4, 0.5) is 0 Å². The first-order valence-corrected chi connectivity index (χ1v) is 7.13. The summed E-state index contributed by atoms with van der Waals surface area (Å²) in [7, 11) is 1.69. The number of hydrogen-bond donors (Lipinski definition) is 2. The molecular weight excluding hydrogens is 254 g/mol. The van der Waals surface area contributed by atoms with Gasteiger partial charge >= 0.3 is 0 Å². The van der Waals surface area contributed by atoms with Crippen molar-refractivity contribution < 1.29 is 14.6 Å². The summed E-state index contributed by atoms with van der Waals surface area (Å²) in [5, 5.41) is 13.3. The summed E-state index contributed by atoms with van der Waals surface area (Å²) in [4.78, 5) is 0. The lowest BCUT2D eigenvalue weighted by Gasteiger charge is -2.22. The van der Waals surface area contributed by atoms with Crippen LogP contribution in [-0.2, 0) is 11.3 Å². The van der Waals surface area contributed by atoms with Gasteiger partial charge in [0.25, 0.3) is 0 Å². The molecule has 0 fully saturated rings. The van der Waals surface area contributed by atoms with Gasteiger partial charge in [-0.1, -0.05) is 24.6 Å². The number of ether oxygens (including phenoxy) is 2. The number of nitrogens with one attached hydrogen (secondary N) is 1. The number of hydrogen-bond acceptors (Lipinski definition) is 4. The second-order valence-corrected chi connectivity index (χ2v) is 5.42. The normalized spacial score (nSPS) is 14.1. The first-order valence-electron chi connectivity index (χ1n) is 7.13. The Labute approximate surface area is 122 Å². The molecule has 1 aromatic carbocycles. The average molecular weight is 281 g/mol. The Morgan fingerprint density at radius 3 is 2.75 bits per heavy atom. The maximum Gasteiger partial charge on any atom is 0.123 e. The molecule has 1 atom stereocenters. The lowest BCUT2D eigenvalue weighted by atomic mass is 10.1. The SMILES string of the molecule is CCC(C)(O)COc1ccc(C)cc1CNCCOC. The Kier molecular flexibility index (Phi) is 6.99. The number of aliphatic hydroxyl groups is 1. The molecule has 0 amide bonds. The highest BCUT2D eigenvalue weighted by atomic mass is 16.5. The topological polar surface area (TPSA) is 50.7 Å². The second kappa shape index (κ2) is 8.25. The Morgan fingerprint density at radius 2 is 2.10 bits per heavy atom. The summed E-state index contributed by atoms with van der Waals surface area (Å²) in [6.45, 7) is 8.32. The van der Waals surface area contributed by atoms with Crippen molar-refractivity contribution in [1.29, 1.82) is 0 Å². The first-order chi connectivity index (χ1) is 9.48. The Balaban J connectivity index is 2.64. The van der Waals surface area contributed by atoms with E-state index >= 15 is 0 Å². The molecule has 2 N–H and O–H groups in total. The highest BCUT2D eigenvalue weighted by Gasteiger charge is 2.19. The van der Waals surface area contributed by atoms with E-state index in [1.54, 1.807) is 14.0 Å². The third-order valence-electron chi connectivity index (χ3n) is 3.31. The number of rotatable bonds is 9. The van der Waals surface area contributed by atoms with Gasteiger partial charge in [0, 0.05) is 25.8 Å². The van der Waals surface area contributed by atoms with Crippen LogP contribution < -0.4 is 10.1 Å². The molecule has 0 radical (unpaired) electrons.